The molecule has 2 N–H and O–H groups in total. The zero-order chi connectivity index (χ0) is 24.9. The number of nitrogens with one attached hydrogen (secondary N) is 1. The van der Waals surface area contributed by atoms with Crippen LogP contribution in [0.25, 0.3) is 10.9 Å². The van der Waals surface area contributed by atoms with Crippen molar-refractivity contribution in [1.82, 2.24) is 9.88 Å². The van der Waals surface area contributed by atoms with Crippen LogP contribution in [-0.2, 0) is 31.0 Å². The summed E-state index contributed by atoms with van der Waals surface area (Å²) >= 11 is 0. The number of H-pyrrole nitrogens is 1. The number of rotatable bonds is 4. The standard InChI is InChI=1S/C26H21BN2O6/c1-34-24(32)19-11-14(22(31)18-12-15(27)7-8-21(18)30)13-29-10-9-17-16-5-3-4-6-20(16)28-23(17)26(19,29)25(33)35-2/h3-8,11-13,28,30H,9-10H2,1-2H3. The van der Waals surface area contributed by atoms with Gasteiger partial charge in [0.1, 0.15) is 13.6 Å². The summed E-state index contributed by atoms with van der Waals surface area (Å²) in [5, 5.41) is 11.2. The van der Waals surface area contributed by atoms with Crippen LogP contribution < -0.4 is 5.46 Å². The number of hydrogen-bond acceptors (Lipinski definition) is 7. The largest absolute Gasteiger partial charge is 0.507 e. The lowest BCUT2D eigenvalue weighted by atomic mass is 9.75. The van der Waals surface area contributed by atoms with Gasteiger partial charge in [0.25, 0.3) is 0 Å². The van der Waals surface area contributed by atoms with Gasteiger partial charge in [0.2, 0.25) is 5.54 Å². The Kier molecular flexibility index (Phi) is 5.27. The molecule has 1 atom stereocenters. The number of aromatic hydroxyl groups is 1. The number of benzene rings is 2. The molecule has 0 spiro atoms. The normalized spacial score (nSPS) is 18.7. The van der Waals surface area contributed by atoms with Crippen molar-refractivity contribution in [3.8, 4) is 5.75 Å². The van der Waals surface area contributed by atoms with Crippen LogP contribution in [0.1, 0.15) is 21.6 Å². The van der Waals surface area contributed by atoms with E-state index >= 15 is 0 Å². The summed E-state index contributed by atoms with van der Waals surface area (Å²) < 4.78 is 10.3. The van der Waals surface area contributed by atoms with Crippen LogP contribution in [0.15, 0.2) is 65.9 Å². The van der Waals surface area contributed by atoms with E-state index in [2.05, 4.69) is 4.98 Å². The van der Waals surface area contributed by atoms with Crippen LogP contribution in [0.4, 0.5) is 0 Å². The summed E-state index contributed by atoms with van der Waals surface area (Å²) in [6, 6.07) is 11.8. The van der Waals surface area contributed by atoms with E-state index in [0.29, 0.717) is 24.1 Å². The predicted octanol–water partition coefficient (Wildman–Crippen LogP) is 1.77. The van der Waals surface area contributed by atoms with Crippen molar-refractivity contribution in [1.29, 1.82) is 0 Å². The van der Waals surface area contributed by atoms with Crippen molar-refractivity contribution in [2.75, 3.05) is 20.8 Å². The fraction of sp³-hybridized carbons (Fsp3) is 0.192. The molecule has 2 radical (unpaired) electrons. The molecule has 0 saturated heterocycles. The van der Waals surface area contributed by atoms with Crippen LogP contribution in [0, 0.1) is 0 Å². The first kappa shape index (κ1) is 22.5. The molecule has 2 aliphatic rings. The highest BCUT2D eigenvalue weighted by atomic mass is 16.5. The van der Waals surface area contributed by atoms with Crippen LogP contribution >= 0.6 is 0 Å². The van der Waals surface area contributed by atoms with Crippen LogP contribution in [0.5, 0.6) is 5.75 Å². The van der Waals surface area contributed by atoms with E-state index in [1.165, 1.54) is 44.7 Å². The van der Waals surface area contributed by atoms with E-state index in [0.717, 1.165) is 16.5 Å². The lowest BCUT2D eigenvalue weighted by Gasteiger charge is -2.46. The maximum Gasteiger partial charge on any atom is 0.343 e. The zero-order valence-corrected chi connectivity index (χ0v) is 19.1. The highest BCUT2D eigenvalue weighted by Crippen LogP contribution is 2.47. The monoisotopic (exact) mass is 468 g/mol. The molecular weight excluding hydrogens is 447 g/mol. The van der Waals surface area contributed by atoms with Crippen molar-refractivity contribution in [3.63, 3.8) is 0 Å². The molecule has 1 aromatic heterocycles. The molecule has 174 valence electrons. The number of para-hydroxylation sites is 1. The van der Waals surface area contributed by atoms with Gasteiger partial charge < -0.3 is 24.5 Å². The van der Waals surface area contributed by atoms with Crippen molar-refractivity contribution < 1.29 is 29.0 Å². The van der Waals surface area contributed by atoms with Gasteiger partial charge in [-0.2, -0.15) is 0 Å². The molecule has 2 aliphatic heterocycles. The third kappa shape index (κ3) is 3.19. The second-order valence-corrected chi connectivity index (χ2v) is 8.41. The first-order valence-corrected chi connectivity index (χ1v) is 10.9. The summed E-state index contributed by atoms with van der Waals surface area (Å²) in [6.07, 6.45) is 3.39. The second-order valence-electron chi connectivity index (χ2n) is 8.41. The molecule has 0 fully saturated rings. The third-order valence-corrected chi connectivity index (χ3v) is 6.61. The quantitative estimate of drug-likeness (QED) is 0.341. The molecule has 0 aliphatic carbocycles. The molecule has 3 heterocycles. The Hall–Kier alpha value is -4.27. The molecule has 0 bridgehead atoms. The Morgan fingerprint density at radius 1 is 1.11 bits per heavy atom. The molecule has 5 rings (SSSR count). The number of ketones is 1. The number of aromatic amines is 1. The Balaban J connectivity index is 1.76. The molecule has 0 amide bonds. The highest BCUT2D eigenvalue weighted by Gasteiger charge is 2.58. The number of hydrogen-bond donors (Lipinski definition) is 2. The molecule has 0 saturated carbocycles. The summed E-state index contributed by atoms with van der Waals surface area (Å²) in [6.45, 7) is 0.317. The maximum atomic E-state index is 13.5. The Morgan fingerprint density at radius 3 is 2.63 bits per heavy atom. The minimum absolute atomic E-state index is 0.0226. The van der Waals surface area contributed by atoms with E-state index in [-0.39, 0.29) is 22.5 Å². The lowest BCUT2D eigenvalue weighted by molar-refractivity contribution is -0.156. The fourth-order valence-corrected chi connectivity index (χ4v) is 5.04. The first-order valence-electron chi connectivity index (χ1n) is 10.9. The van der Waals surface area contributed by atoms with Gasteiger partial charge in [-0.25, -0.2) is 9.59 Å². The molecular formula is C26H21BN2O6. The Morgan fingerprint density at radius 2 is 1.89 bits per heavy atom. The van der Waals surface area contributed by atoms with Gasteiger partial charge in [0.05, 0.1) is 31.1 Å². The lowest BCUT2D eigenvalue weighted by Crippen LogP contribution is -2.58. The van der Waals surface area contributed by atoms with Gasteiger partial charge in [-0.15, -0.1) is 0 Å². The summed E-state index contributed by atoms with van der Waals surface area (Å²) in [7, 11) is 8.27. The summed E-state index contributed by atoms with van der Waals surface area (Å²) in [5.74, 6) is -2.30. The maximum absolute atomic E-state index is 13.5. The van der Waals surface area contributed by atoms with E-state index < -0.39 is 23.3 Å². The minimum atomic E-state index is -1.68. The SMILES string of the molecule is [B]c1ccc(O)c(C(=O)C2=CN3CCc4c([nH]c5ccccc45)C3(C(=O)OC)C(C(=O)OC)=C2)c1. The number of carbonyl (C=O) groups is 3. The van der Waals surface area contributed by atoms with Gasteiger partial charge in [-0.1, -0.05) is 35.8 Å². The smallest absolute Gasteiger partial charge is 0.343 e. The van der Waals surface area contributed by atoms with Crippen LogP contribution in [0.3, 0.4) is 0 Å². The first-order chi connectivity index (χ1) is 16.8. The fourth-order valence-electron chi connectivity index (χ4n) is 5.04. The Bertz CT molecular complexity index is 1470. The predicted molar refractivity (Wildman–Crippen MR) is 128 cm³/mol. The van der Waals surface area contributed by atoms with Gasteiger partial charge in [0, 0.05) is 29.2 Å². The molecule has 3 aromatic rings. The third-order valence-electron chi connectivity index (χ3n) is 6.61. The zero-order valence-electron chi connectivity index (χ0n) is 19.1. The molecule has 8 nitrogen and oxygen atoms in total. The van der Waals surface area contributed by atoms with E-state index in [1.807, 2.05) is 24.3 Å². The number of carbonyl (C=O) groups excluding carboxylic acids is 3. The van der Waals surface area contributed by atoms with Crippen molar-refractivity contribution in [2.45, 2.75) is 12.0 Å². The number of methoxy groups -OCH3 is 2. The van der Waals surface area contributed by atoms with E-state index in [9.17, 15) is 19.5 Å². The number of esters is 2. The van der Waals surface area contributed by atoms with Gasteiger partial charge in [0.15, 0.2) is 5.78 Å². The molecule has 2 aromatic carbocycles. The average molecular weight is 468 g/mol. The Labute approximate surface area is 202 Å². The van der Waals surface area contributed by atoms with E-state index in [1.54, 1.807) is 4.90 Å². The van der Waals surface area contributed by atoms with Crippen molar-refractivity contribution in [3.05, 3.63) is 82.7 Å². The number of allylic oxidation sites excluding steroid dienone is 2. The number of Topliss-reactive ketones (excluding diaryl/α,β-unsaturated/α-hetero) is 1. The average Bonchev–Trinajstić information content (AvgIpc) is 3.27. The van der Waals surface area contributed by atoms with Gasteiger partial charge in [-0.05, 0) is 30.2 Å². The number of ether oxygens (including phenoxy) is 2. The minimum Gasteiger partial charge on any atom is -0.507 e. The number of nitrogens with zero attached hydrogens (tertiary/aromatic N) is 1. The van der Waals surface area contributed by atoms with Crippen molar-refractivity contribution in [2.24, 2.45) is 0 Å². The highest BCUT2D eigenvalue weighted by molar-refractivity contribution is 6.33. The van der Waals surface area contributed by atoms with Crippen molar-refractivity contribution >= 4 is 41.9 Å². The molecule has 9 heteroatoms. The number of aromatic nitrogens is 1. The van der Waals surface area contributed by atoms with E-state index in [4.69, 9.17) is 17.3 Å². The topological polar surface area (TPSA) is 109 Å². The summed E-state index contributed by atoms with van der Waals surface area (Å²) in [4.78, 5) is 45.0. The van der Waals surface area contributed by atoms with Gasteiger partial charge >= 0.3 is 11.9 Å². The van der Waals surface area contributed by atoms with Gasteiger partial charge in [-0.3, -0.25) is 4.79 Å². The number of phenolic OH excluding ortho intramolecular Hbond substituents is 1. The summed E-state index contributed by atoms with van der Waals surface area (Å²) in [5.41, 5.74) is 0.781. The van der Waals surface area contributed by atoms with Crippen LogP contribution in [-0.4, -0.2) is 61.3 Å². The molecule has 35 heavy (non-hydrogen) atoms. The van der Waals surface area contributed by atoms with Crippen LogP contribution in [0.2, 0.25) is 0 Å². The number of phenols is 1. The number of fused-ring (bicyclic) bond motifs is 5. The molecule has 1 unspecified atom stereocenters. The second kappa shape index (κ2) is 8.20.